The highest BCUT2D eigenvalue weighted by Gasteiger charge is 2.26. The molecule has 0 spiro atoms. The summed E-state index contributed by atoms with van der Waals surface area (Å²) >= 11 is 0. The summed E-state index contributed by atoms with van der Waals surface area (Å²) in [5, 5.41) is 4.48. The van der Waals surface area contributed by atoms with Gasteiger partial charge in [0.15, 0.2) is 5.76 Å². The van der Waals surface area contributed by atoms with Gasteiger partial charge in [0.1, 0.15) is 11.4 Å². The maximum atomic E-state index is 15.8. The van der Waals surface area contributed by atoms with E-state index in [1.54, 1.807) is 26.7 Å². The second-order valence-electron chi connectivity index (χ2n) is 9.31. The first-order valence-corrected chi connectivity index (χ1v) is 12.5. The molecule has 0 N–H and O–H groups in total. The van der Waals surface area contributed by atoms with Gasteiger partial charge in [-0.25, -0.2) is 4.39 Å². The van der Waals surface area contributed by atoms with E-state index < -0.39 is 5.82 Å². The number of rotatable bonds is 6. The van der Waals surface area contributed by atoms with Gasteiger partial charge in [-0.3, -0.25) is 14.3 Å². The number of amides is 2. The highest BCUT2D eigenvalue weighted by atomic mass is 19.1. The Hall–Kier alpha value is -3.42. The Labute approximate surface area is 204 Å². The summed E-state index contributed by atoms with van der Waals surface area (Å²) in [5.41, 5.74) is 2.58. The number of carbonyl (C=O) groups excluding carboxylic acids is 2. The van der Waals surface area contributed by atoms with Crippen molar-refractivity contribution in [1.29, 1.82) is 0 Å². The minimum atomic E-state index is -0.393. The van der Waals surface area contributed by atoms with E-state index in [0.717, 1.165) is 30.4 Å². The molecular weight excluding hydrogens is 447 g/mol. The van der Waals surface area contributed by atoms with Gasteiger partial charge in [-0.2, -0.15) is 5.10 Å². The van der Waals surface area contributed by atoms with Gasteiger partial charge in [-0.15, -0.1) is 0 Å². The molecule has 2 amide bonds. The van der Waals surface area contributed by atoms with Crippen LogP contribution >= 0.6 is 0 Å². The van der Waals surface area contributed by atoms with Crippen molar-refractivity contribution in [3.05, 3.63) is 59.4 Å². The van der Waals surface area contributed by atoms with Gasteiger partial charge in [-0.1, -0.05) is 13.0 Å². The molecule has 2 aliphatic rings. The maximum absolute atomic E-state index is 15.8. The molecule has 7 nitrogen and oxygen atoms in total. The van der Waals surface area contributed by atoms with Crippen LogP contribution in [0.1, 0.15) is 60.7 Å². The molecule has 1 aromatic carbocycles. The summed E-state index contributed by atoms with van der Waals surface area (Å²) in [6.45, 7) is 4.91. The first kappa shape index (κ1) is 23.3. The topological polar surface area (TPSA) is 71.6 Å². The quantitative estimate of drug-likeness (QED) is 0.517. The number of piperidine rings is 1. The van der Waals surface area contributed by atoms with Gasteiger partial charge in [0.2, 0.25) is 5.91 Å². The van der Waals surface area contributed by atoms with Crippen LogP contribution < -0.4 is 0 Å². The number of aromatic nitrogens is 2. The summed E-state index contributed by atoms with van der Waals surface area (Å²) < 4.78 is 23.5. The molecule has 0 saturated carbocycles. The number of aryl methyl sites for hydroxylation is 2. The zero-order valence-corrected chi connectivity index (χ0v) is 20.1. The standard InChI is InChI=1S/C27H31FN4O3/c1-2-19-16-21(20-8-6-13-31(18-20)24(33)9-15-32-14-7-10-29-32)25(28)22-17-23(35-26(19)22)27(34)30-11-4-3-5-12-30/h7-8,10,14,16-17H,2-6,9,11-13,15,18H2,1H3. The molecule has 184 valence electrons. The van der Waals surface area contributed by atoms with Gasteiger partial charge in [0.25, 0.3) is 5.91 Å². The van der Waals surface area contributed by atoms with Gasteiger partial charge >= 0.3 is 0 Å². The van der Waals surface area contributed by atoms with Crippen LogP contribution in [0.3, 0.4) is 0 Å². The molecule has 3 aromatic rings. The van der Waals surface area contributed by atoms with Crippen molar-refractivity contribution in [2.75, 3.05) is 26.2 Å². The number of halogens is 1. The molecule has 35 heavy (non-hydrogen) atoms. The molecule has 0 aliphatic carbocycles. The first-order valence-electron chi connectivity index (χ1n) is 12.5. The van der Waals surface area contributed by atoms with Crippen molar-refractivity contribution >= 4 is 28.4 Å². The van der Waals surface area contributed by atoms with Crippen LogP contribution in [0.4, 0.5) is 4.39 Å². The minimum Gasteiger partial charge on any atom is -0.451 e. The minimum absolute atomic E-state index is 0.0287. The number of nitrogens with zero attached hydrogens (tertiary/aromatic N) is 4. The molecule has 0 radical (unpaired) electrons. The predicted octanol–water partition coefficient (Wildman–Crippen LogP) is 4.66. The predicted molar refractivity (Wildman–Crippen MR) is 131 cm³/mol. The average Bonchev–Trinajstić information content (AvgIpc) is 3.59. The Kier molecular flexibility index (Phi) is 6.70. The molecule has 5 rings (SSSR count). The number of benzene rings is 1. The Morgan fingerprint density at radius 3 is 2.69 bits per heavy atom. The lowest BCUT2D eigenvalue weighted by Crippen LogP contribution is -2.36. The maximum Gasteiger partial charge on any atom is 0.289 e. The number of carbonyl (C=O) groups is 2. The van der Waals surface area contributed by atoms with E-state index in [-0.39, 0.29) is 17.6 Å². The fraction of sp³-hybridized carbons (Fsp3) is 0.444. The lowest BCUT2D eigenvalue weighted by Gasteiger charge is -2.28. The lowest BCUT2D eigenvalue weighted by atomic mass is 9.95. The number of hydrogen-bond acceptors (Lipinski definition) is 4. The van der Waals surface area contributed by atoms with Crippen molar-refractivity contribution in [1.82, 2.24) is 19.6 Å². The summed E-state index contributed by atoms with van der Waals surface area (Å²) in [4.78, 5) is 29.4. The first-order chi connectivity index (χ1) is 17.0. The van der Waals surface area contributed by atoms with Crippen molar-refractivity contribution in [3.8, 4) is 0 Å². The van der Waals surface area contributed by atoms with E-state index in [4.69, 9.17) is 4.42 Å². The molecule has 8 heteroatoms. The van der Waals surface area contributed by atoms with Crippen LogP contribution in [0.25, 0.3) is 16.5 Å². The smallest absolute Gasteiger partial charge is 0.289 e. The van der Waals surface area contributed by atoms with Crippen molar-refractivity contribution in [2.45, 2.75) is 52.0 Å². The third-order valence-electron chi connectivity index (χ3n) is 7.01. The number of likely N-dealkylation sites (tertiary alicyclic amines) is 1. The normalized spacial score (nSPS) is 16.6. The van der Waals surface area contributed by atoms with Crippen molar-refractivity contribution in [2.24, 2.45) is 0 Å². The van der Waals surface area contributed by atoms with Crippen LogP contribution in [0, 0.1) is 5.82 Å². The molecule has 1 saturated heterocycles. The SMILES string of the molecule is CCc1cc(C2=CCCN(C(=O)CCn3cccn3)C2)c(F)c2cc(C(=O)N3CCCCC3)oc12. The van der Waals surface area contributed by atoms with Crippen LogP contribution in [0.5, 0.6) is 0 Å². The van der Waals surface area contributed by atoms with Crippen LogP contribution in [0.2, 0.25) is 0 Å². The van der Waals surface area contributed by atoms with E-state index >= 15 is 4.39 Å². The Morgan fingerprint density at radius 2 is 1.94 bits per heavy atom. The molecule has 0 atom stereocenters. The zero-order valence-electron chi connectivity index (χ0n) is 20.1. The number of furan rings is 1. The fourth-order valence-corrected chi connectivity index (χ4v) is 5.05. The summed E-state index contributed by atoms with van der Waals surface area (Å²) in [6.07, 6.45) is 10.3. The molecule has 4 heterocycles. The molecule has 1 fully saturated rings. The van der Waals surface area contributed by atoms with E-state index in [2.05, 4.69) is 5.10 Å². The average molecular weight is 479 g/mol. The van der Waals surface area contributed by atoms with E-state index in [1.165, 1.54) is 0 Å². The van der Waals surface area contributed by atoms with Gasteiger partial charge in [-0.05, 0) is 55.4 Å². The van der Waals surface area contributed by atoms with Crippen LogP contribution in [-0.2, 0) is 17.8 Å². The summed E-state index contributed by atoms with van der Waals surface area (Å²) in [5.74, 6) is -0.341. The van der Waals surface area contributed by atoms with Gasteiger partial charge in [0.05, 0.1) is 5.39 Å². The Bertz CT molecular complexity index is 1260. The Morgan fingerprint density at radius 1 is 1.11 bits per heavy atom. The number of hydrogen-bond donors (Lipinski definition) is 0. The zero-order chi connectivity index (χ0) is 24.4. The highest BCUT2D eigenvalue weighted by Crippen LogP contribution is 2.34. The van der Waals surface area contributed by atoms with Gasteiger partial charge < -0.3 is 14.2 Å². The lowest BCUT2D eigenvalue weighted by molar-refractivity contribution is -0.131. The second-order valence-corrected chi connectivity index (χ2v) is 9.31. The molecular formula is C27H31FN4O3. The number of fused-ring (bicyclic) bond motifs is 1. The third-order valence-corrected chi connectivity index (χ3v) is 7.01. The monoisotopic (exact) mass is 478 g/mol. The fourth-order valence-electron chi connectivity index (χ4n) is 5.05. The van der Waals surface area contributed by atoms with Crippen molar-refractivity contribution in [3.63, 3.8) is 0 Å². The molecule has 2 aliphatic heterocycles. The van der Waals surface area contributed by atoms with E-state index in [0.29, 0.717) is 68.5 Å². The van der Waals surface area contributed by atoms with Gasteiger partial charge in [0, 0.05) is 63.2 Å². The van der Waals surface area contributed by atoms with E-state index in [1.807, 2.05) is 31.3 Å². The molecule has 2 aromatic heterocycles. The largest absolute Gasteiger partial charge is 0.451 e. The second kappa shape index (κ2) is 10.1. The molecule has 0 unspecified atom stereocenters. The third kappa shape index (κ3) is 4.74. The van der Waals surface area contributed by atoms with Crippen LogP contribution in [-0.4, -0.2) is 57.6 Å². The van der Waals surface area contributed by atoms with Crippen LogP contribution in [0.15, 0.2) is 41.1 Å². The summed E-state index contributed by atoms with van der Waals surface area (Å²) in [7, 11) is 0. The van der Waals surface area contributed by atoms with Crippen molar-refractivity contribution < 1.29 is 18.4 Å². The highest BCUT2D eigenvalue weighted by molar-refractivity contribution is 5.98. The Balaban J connectivity index is 1.39. The molecule has 0 bridgehead atoms. The van der Waals surface area contributed by atoms with E-state index in [9.17, 15) is 9.59 Å². The summed E-state index contributed by atoms with van der Waals surface area (Å²) in [6, 6.07) is 5.21.